The van der Waals surface area contributed by atoms with Crippen LogP contribution in [0.2, 0.25) is 0 Å². The largest absolute Gasteiger partial charge is 0.456 e. The van der Waals surface area contributed by atoms with Crippen LogP contribution in [0.5, 0.6) is 0 Å². The van der Waals surface area contributed by atoms with Crippen molar-refractivity contribution < 1.29 is 9.53 Å². The summed E-state index contributed by atoms with van der Waals surface area (Å²) in [7, 11) is 0. The highest BCUT2D eigenvalue weighted by atomic mass is 79.9. The van der Waals surface area contributed by atoms with E-state index < -0.39 is 0 Å². The summed E-state index contributed by atoms with van der Waals surface area (Å²) in [4.78, 5) is 11.8. The molecule has 0 N–H and O–H groups in total. The molecular formula is C5H4BrO2. The topological polar surface area (TPSA) is 26.3 Å². The first-order chi connectivity index (χ1) is 3.91. The van der Waals surface area contributed by atoms with Gasteiger partial charge in [-0.1, -0.05) is 5.92 Å². The predicted octanol–water partition coefficient (Wildman–Crippen LogP) is 0.816. The van der Waals surface area contributed by atoms with E-state index in [4.69, 9.17) is 0 Å². The fourth-order valence-electron chi connectivity index (χ4n) is 0.191. The molecule has 0 aliphatic carbocycles. The normalized spacial score (nSPS) is 6.62. The maximum atomic E-state index is 9.36. The quantitative estimate of drug-likeness (QED) is 0.469. The molecule has 2 nitrogen and oxygen atoms in total. The lowest BCUT2D eigenvalue weighted by Crippen LogP contribution is -1.87. The third-order valence-corrected chi connectivity index (χ3v) is 0.735. The fourth-order valence-corrected chi connectivity index (χ4v) is 0.389. The van der Waals surface area contributed by atoms with Crippen molar-refractivity contribution in [2.24, 2.45) is 0 Å². The van der Waals surface area contributed by atoms with Gasteiger partial charge in [-0.15, -0.1) is 0 Å². The molecular weight excluding hydrogens is 172 g/mol. The molecule has 0 aliphatic rings. The van der Waals surface area contributed by atoms with Crippen LogP contribution in [0.1, 0.15) is 6.42 Å². The van der Waals surface area contributed by atoms with E-state index in [1.807, 2.05) is 0 Å². The molecule has 3 heteroatoms. The second-order valence-electron chi connectivity index (χ2n) is 0.953. The first kappa shape index (κ1) is 7.51. The van der Waals surface area contributed by atoms with Gasteiger partial charge in [-0.3, -0.25) is 0 Å². The van der Waals surface area contributed by atoms with Crippen molar-refractivity contribution in [2.45, 2.75) is 6.42 Å². The zero-order valence-corrected chi connectivity index (χ0v) is 5.69. The van der Waals surface area contributed by atoms with Gasteiger partial charge in [0.15, 0.2) is 0 Å². The lowest BCUT2D eigenvalue weighted by molar-refractivity contribution is 0.286. The summed E-state index contributed by atoms with van der Waals surface area (Å²) in [5.74, 6) is 2.65. The Morgan fingerprint density at radius 1 is 1.62 bits per heavy atom. The SMILES string of the molecule is O=[C]OCCC#CBr. The molecule has 0 atom stereocenters. The van der Waals surface area contributed by atoms with Crippen LogP contribution in [0.3, 0.4) is 0 Å². The van der Waals surface area contributed by atoms with E-state index in [2.05, 4.69) is 31.4 Å². The average Bonchev–Trinajstić information content (AvgIpc) is 1.81. The van der Waals surface area contributed by atoms with Crippen molar-refractivity contribution in [3.05, 3.63) is 0 Å². The Morgan fingerprint density at radius 2 is 2.38 bits per heavy atom. The van der Waals surface area contributed by atoms with Crippen LogP contribution in [-0.2, 0) is 9.53 Å². The van der Waals surface area contributed by atoms with E-state index in [-0.39, 0.29) is 0 Å². The van der Waals surface area contributed by atoms with Gasteiger partial charge in [0.2, 0.25) is 0 Å². The van der Waals surface area contributed by atoms with Gasteiger partial charge in [0, 0.05) is 22.4 Å². The van der Waals surface area contributed by atoms with Gasteiger partial charge in [-0.2, -0.15) is 0 Å². The molecule has 43 valence electrons. The van der Waals surface area contributed by atoms with Crippen LogP contribution in [0.25, 0.3) is 0 Å². The first-order valence-electron chi connectivity index (χ1n) is 1.99. The maximum absolute atomic E-state index is 9.36. The van der Waals surface area contributed by atoms with E-state index in [1.54, 1.807) is 0 Å². The van der Waals surface area contributed by atoms with Crippen molar-refractivity contribution in [3.63, 3.8) is 0 Å². The minimum atomic E-state index is 0.322. The third kappa shape index (κ3) is 5.51. The van der Waals surface area contributed by atoms with Crippen molar-refractivity contribution in [1.82, 2.24) is 0 Å². The predicted molar refractivity (Wildman–Crippen MR) is 33.0 cm³/mol. The van der Waals surface area contributed by atoms with Crippen LogP contribution in [0.15, 0.2) is 0 Å². The highest BCUT2D eigenvalue weighted by Gasteiger charge is 1.77. The van der Waals surface area contributed by atoms with Gasteiger partial charge < -0.3 is 4.74 Å². The summed E-state index contributed by atoms with van der Waals surface area (Å²) in [6.07, 6.45) is 0.556. The second kappa shape index (κ2) is 6.51. The van der Waals surface area contributed by atoms with Gasteiger partial charge in [-0.25, -0.2) is 4.79 Å². The lowest BCUT2D eigenvalue weighted by atomic mass is 10.5. The van der Waals surface area contributed by atoms with Gasteiger partial charge in [0.1, 0.15) is 6.61 Å². The van der Waals surface area contributed by atoms with E-state index in [9.17, 15) is 4.79 Å². The minimum Gasteiger partial charge on any atom is -0.456 e. The number of halogens is 1. The maximum Gasteiger partial charge on any atom is 0.417 e. The Labute approximate surface area is 56.3 Å². The molecule has 8 heavy (non-hydrogen) atoms. The molecule has 0 aromatic rings. The monoisotopic (exact) mass is 175 g/mol. The highest BCUT2D eigenvalue weighted by Crippen LogP contribution is 1.77. The summed E-state index contributed by atoms with van der Waals surface area (Å²) < 4.78 is 4.21. The smallest absolute Gasteiger partial charge is 0.417 e. The molecule has 0 rings (SSSR count). The number of ether oxygens (including phenoxy) is 1. The van der Waals surface area contributed by atoms with Gasteiger partial charge in [-0.05, 0) is 4.83 Å². The number of rotatable bonds is 3. The molecule has 0 fully saturated rings. The molecule has 0 saturated heterocycles. The standard InChI is InChI=1S/C5H4BrO2/c6-3-1-2-4-8-5-7/h2,4H2. The summed E-state index contributed by atoms with van der Waals surface area (Å²) >= 11 is 2.89. The lowest BCUT2D eigenvalue weighted by Gasteiger charge is -1.85. The Kier molecular flexibility index (Phi) is 6.11. The third-order valence-electron chi connectivity index (χ3n) is 0.455. The van der Waals surface area contributed by atoms with Crippen LogP contribution < -0.4 is 0 Å². The van der Waals surface area contributed by atoms with Crippen LogP contribution in [0.4, 0.5) is 0 Å². The average molecular weight is 176 g/mol. The van der Waals surface area contributed by atoms with Crippen molar-refractivity contribution in [1.29, 1.82) is 0 Å². The molecule has 1 radical (unpaired) electrons. The zero-order valence-electron chi connectivity index (χ0n) is 4.11. The molecule has 0 aromatic heterocycles. The summed E-state index contributed by atoms with van der Waals surface area (Å²) in [6.45, 7) is 1.62. The van der Waals surface area contributed by atoms with E-state index in [0.717, 1.165) is 0 Å². The van der Waals surface area contributed by atoms with Crippen molar-refractivity contribution in [2.75, 3.05) is 6.61 Å². The molecule has 0 aromatic carbocycles. The minimum absolute atomic E-state index is 0.322. The molecule has 0 unspecified atom stereocenters. The number of hydrogen-bond acceptors (Lipinski definition) is 2. The van der Waals surface area contributed by atoms with Crippen LogP contribution in [0, 0.1) is 10.8 Å². The van der Waals surface area contributed by atoms with E-state index >= 15 is 0 Å². The fraction of sp³-hybridized carbons (Fsp3) is 0.400. The molecule has 0 aliphatic heterocycles. The van der Waals surface area contributed by atoms with E-state index in [0.29, 0.717) is 13.0 Å². The Hall–Kier alpha value is -0.490. The first-order valence-corrected chi connectivity index (χ1v) is 2.78. The van der Waals surface area contributed by atoms with Crippen molar-refractivity contribution >= 4 is 22.4 Å². The Balaban J connectivity index is 2.89. The van der Waals surface area contributed by atoms with Gasteiger partial charge in [0.25, 0.3) is 0 Å². The molecule has 0 saturated carbocycles. The summed E-state index contributed by atoms with van der Waals surface area (Å²) in [6, 6.07) is 0. The van der Waals surface area contributed by atoms with Crippen molar-refractivity contribution in [3.8, 4) is 10.8 Å². The highest BCUT2D eigenvalue weighted by molar-refractivity contribution is 9.12. The summed E-state index contributed by atoms with van der Waals surface area (Å²) in [5.41, 5.74) is 0. The second-order valence-corrected chi connectivity index (χ2v) is 1.35. The van der Waals surface area contributed by atoms with Gasteiger partial charge in [0.05, 0.1) is 0 Å². The molecule has 0 bridgehead atoms. The Bertz CT molecular complexity index is 111. The number of hydrogen-bond donors (Lipinski definition) is 0. The van der Waals surface area contributed by atoms with Gasteiger partial charge >= 0.3 is 6.47 Å². The molecule has 0 amide bonds. The Morgan fingerprint density at radius 3 is 2.88 bits per heavy atom. The number of carbonyl (C=O) groups excluding carboxylic acids is 1. The molecule has 0 heterocycles. The van der Waals surface area contributed by atoms with E-state index in [1.165, 1.54) is 6.47 Å². The molecule has 0 spiro atoms. The summed E-state index contributed by atoms with van der Waals surface area (Å²) in [5, 5.41) is 0. The van der Waals surface area contributed by atoms with Crippen LogP contribution in [-0.4, -0.2) is 13.1 Å². The van der Waals surface area contributed by atoms with Crippen LogP contribution >= 0.6 is 15.9 Å². The zero-order chi connectivity index (χ0) is 6.24.